The lowest BCUT2D eigenvalue weighted by atomic mass is 9.74. The smallest absolute Gasteiger partial charge is 0.00441 e. The van der Waals surface area contributed by atoms with Crippen molar-refractivity contribution in [2.24, 2.45) is 11.3 Å². The summed E-state index contributed by atoms with van der Waals surface area (Å²) in [6.07, 6.45) is 4.11. The summed E-state index contributed by atoms with van der Waals surface area (Å²) < 4.78 is 0. The summed E-state index contributed by atoms with van der Waals surface area (Å²) in [7, 11) is 4.38. The molecule has 0 spiro atoms. The van der Waals surface area contributed by atoms with Crippen LogP contribution in [0.25, 0.3) is 0 Å². The van der Waals surface area contributed by atoms with Crippen molar-refractivity contribution < 1.29 is 0 Å². The number of nitrogens with one attached hydrogen (secondary N) is 1. The molecule has 0 bridgehead atoms. The Balaban J connectivity index is 2.57. The first-order valence-corrected chi connectivity index (χ1v) is 5.89. The Labute approximate surface area is 89.1 Å². The van der Waals surface area contributed by atoms with Gasteiger partial charge in [0.05, 0.1) is 0 Å². The molecule has 1 unspecified atom stereocenters. The Morgan fingerprint density at radius 2 is 2.07 bits per heavy atom. The minimum atomic E-state index is 0.538. The van der Waals surface area contributed by atoms with Crippen LogP contribution in [0, 0.1) is 11.3 Å². The third-order valence-corrected chi connectivity index (χ3v) is 3.05. The van der Waals surface area contributed by atoms with Crippen molar-refractivity contribution in [3.63, 3.8) is 0 Å². The highest BCUT2D eigenvalue weighted by molar-refractivity contribution is 4.88. The molecule has 1 rings (SSSR count). The van der Waals surface area contributed by atoms with Gasteiger partial charge in [-0.3, -0.25) is 0 Å². The highest BCUT2D eigenvalue weighted by Gasteiger charge is 2.32. The maximum absolute atomic E-state index is 3.56. The van der Waals surface area contributed by atoms with Crippen molar-refractivity contribution in [3.8, 4) is 0 Å². The van der Waals surface area contributed by atoms with Gasteiger partial charge in [-0.2, -0.15) is 0 Å². The van der Waals surface area contributed by atoms with Gasteiger partial charge in [-0.25, -0.2) is 0 Å². The number of piperidine rings is 1. The quantitative estimate of drug-likeness (QED) is 0.743. The maximum atomic E-state index is 3.56. The van der Waals surface area contributed by atoms with Gasteiger partial charge in [-0.15, -0.1) is 0 Å². The lowest BCUT2D eigenvalue weighted by Crippen LogP contribution is -2.46. The number of hydrogen-bond donors (Lipinski definition) is 1. The molecular formula is C12H26N2. The van der Waals surface area contributed by atoms with Crippen molar-refractivity contribution >= 4 is 0 Å². The molecule has 0 radical (unpaired) electrons. The molecular weight excluding hydrogens is 172 g/mol. The van der Waals surface area contributed by atoms with E-state index in [1.807, 2.05) is 0 Å². The zero-order valence-electron chi connectivity index (χ0n) is 10.3. The van der Waals surface area contributed by atoms with Crippen LogP contribution in [0.2, 0.25) is 0 Å². The van der Waals surface area contributed by atoms with Gasteiger partial charge in [0.15, 0.2) is 0 Å². The monoisotopic (exact) mass is 198 g/mol. The lowest BCUT2D eigenvalue weighted by Gasteiger charge is -2.41. The molecule has 0 aromatic heterocycles. The molecule has 1 aliphatic heterocycles. The fraction of sp³-hybridized carbons (Fsp3) is 1.00. The molecule has 84 valence electrons. The summed E-state index contributed by atoms with van der Waals surface area (Å²) in [6, 6.07) is 0. The highest BCUT2D eigenvalue weighted by atomic mass is 15.1. The largest absolute Gasteiger partial charge is 0.316 e. The average Bonchev–Trinajstić information content (AvgIpc) is 2.01. The van der Waals surface area contributed by atoms with Gasteiger partial charge >= 0.3 is 0 Å². The van der Waals surface area contributed by atoms with E-state index >= 15 is 0 Å². The number of nitrogens with zero attached hydrogens (tertiary/aromatic N) is 1. The van der Waals surface area contributed by atoms with Crippen LogP contribution in [-0.4, -0.2) is 38.6 Å². The zero-order valence-corrected chi connectivity index (χ0v) is 10.3. The van der Waals surface area contributed by atoms with Gasteiger partial charge in [0.1, 0.15) is 0 Å². The molecule has 1 heterocycles. The summed E-state index contributed by atoms with van der Waals surface area (Å²) in [5, 5.41) is 3.56. The first kappa shape index (κ1) is 12.0. The average molecular weight is 198 g/mol. The van der Waals surface area contributed by atoms with E-state index in [0.29, 0.717) is 5.41 Å². The molecule has 0 amide bonds. The Morgan fingerprint density at radius 3 is 2.50 bits per heavy atom. The van der Waals surface area contributed by atoms with E-state index in [0.717, 1.165) is 5.92 Å². The van der Waals surface area contributed by atoms with Gasteiger partial charge < -0.3 is 10.2 Å². The molecule has 1 aliphatic rings. The topological polar surface area (TPSA) is 15.3 Å². The molecule has 1 atom stereocenters. The third-order valence-electron chi connectivity index (χ3n) is 3.05. The Morgan fingerprint density at radius 1 is 1.36 bits per heavy atom. The van der Waals surface area contributed by atoms with Crippen molar-refractivity contribution in [2.45, 2.75) is 33.1 Å². The summed E-state index contributed by atoms with van der Waals surface area (Å²) in [5.41, 5.74) is 0.538. The van der Waals surface area contributed by atoms with E-state index in [-0.39, 0.29) is 0 Å². The second-order valence-corrected chi connectivity index (χ2v) is 5.62. The maximum Gasteiger partial charge on any atom is 0.00441 e. The normalized spacial score (nSPS) is 28.7. The first-order valence-electron chi connectivity index (χ1n) is 5.89. The fourth-order valence-corrected chi connectivity index (χ4v) is 2.94. The van der Waals surface area contributed by atoms with Gasteiger partial charge in [-0.1, -0.05) is 13.8 Å². The summed E-state index contributed by atoms with van der Waals surface area (Å²) in [4.78, 5) is 2.34. The number of hydrogen-bond acceptors (Lipinski definition) is 2. The first-order chi connectivity index (χ1) is 6.54. The minimum Gasteiger partial charge on any atom is -0.316 e. The van der Waals surface area contributed by atoms with Gasteiger partial charge in [-0.05, 0) is 51.2 Å². The van der Waals surface area contributed by atoms with Crippen LogP contribution in [0.3, 0.4) is 0 Å². The highest BCUT2D eigenvalue weighted by Crippen LogP contribution is 2.33. The lowest BCUT2D eigenvalue weighted by molar-refractivity contribution is 0.120. The van der Waals surface area contributed by atoms with E-state index < -0.39 is 0 Å². The molecule has 1 N–H and O–H groups in total. The van der Waals surface area contributed by atoms with Crippen molar-refractivity contribution in [3.05, 3.63) is 0 Å². The van der Waals surface area contributed by atoms with Crippen LogP contribution in [0.4, 0.5) is 0 Å². The Kier molecular flexibility index (Phi) is 4.39. The van der Waals surface area contributed by atoms with Crippen LogP contribution >= 0.6 is 0 Å². The predicted octanol–water partition coefficient (Wildman–Crippen LogP) is 1.96. The SMILES string of the molecule is CC(C)CC1(CN(C)C)CCCNC1. The molecule has 2 heteroatoms. The van der Waals surface area contributed by atoms with Gasteiger partial charge in [0.2, 0.25) is 0 Å². The molecule has 2 nitrogen and oxygen atoms in total. The Hall–Kier alpha value is -0.0800. The van der Waals surface area contributed by atoms with Crippen LogP contribution in [0.15, 0.2) is 0 Å². The van der Waals surface area contributed by atoms with E-state index in [9.17, 15) is 0 Å². The Bertz CT molecular complexity index is 146. The van der Waals surface area contributed by atoms with Crippen molar-refractivity contribution in [1.82, 2.24) is 10.2 Å². The predicted molar refractivity (Wildman–Crippen MR) is 62.5 cm³/mol. The van der Waals surface area contributed by atoms with Crippen LogP contribution in [0.5, 0.6) is 0 Å². The summed E-state index contributed by atoms with van der Waals surface area (Å²) >= 11 is 0. The van der Waals surface area contributed by atoms with Crippen molar-refractivity contribution in [2.75, 3.05) is 33.7 Å². The molecule has 1 saturated heterocycles. The minimum absolute atomic E-state index is 0.538. The zero-order chi connectivity index (χ0) is 10.6. The van der Waals surface area contributed by atoms with E-state index in [2.05, 4.69) is 38.2 Å². The van der Waals surface area contributed by atoms with Gasteiger partial charge in [0.25, 0.3) is 0 Å². The van der Waals surface area contributed by atoms with E-state index in [4.69, 9.17) is 0 Å². The van der Waals surface area contributed by atoms with Crippen molar-refractivity contribution in [1.29, 1.82) is 0 Å². The molecule has 14 heavy (non-hydrogen) atoms. The molecule has 0 aromatic rings. The molecule has 0 saturated carbocycles. The summed E-state index contributed by atoms with van der Waals surface area (Å²) in [5.74, 6) is 0.815. The fourth-order valence-electron chi connectivity index (χ4n) is 2.94. The summed E-state index contributed by atoms with van der Waals surface area (Å²) in [6.45, 7) is 8.34. The number of rotatable bonds is 4. The van der Waals surface area contributed by atoms with Gasteiger partial charge in [0, 0.05) is 13.1 Å². The molecule has 0 aliphatic carbocycles. The third kappa shape index (κ3) is 3.58. The molecule has 1 fully saturated rings. The second-order valence-electron chi connectivity index (χ2n) is 5.62. The van der Waals surface area contributed by atoms with Crippen LogP contribution in [-0.2, 0) is 0 Å². The van der Waals surface area contributed by atoms with Crippen LogP contribution in [0.1, 0.15) is 33.1 Å². The standard InChI is InChI=1S/C12H26N2/c1-11(2)8-12(10-14(3)4)6-5-7-13-9-12/h11,13H,5-10H2,1-4H3. The second kappa shape index (κ2) is 5.13. The molecule has 0 aromatic carbocycles. The van der Waals surface area contributed by atoms with E-state index in [1.54, 1.807) is 0 Å². The van der Waals surface area contributed by atoms with E-state index in [1.165, 1.54) is 38.9 Å². The van der Waals surface area contributed by atoms with Crippen LogP contribution < -0.4 is 5.32 Å².